The minimum atomic E-state index is -0.896. The van der Waals surface area contributed by atoms with Crippen LogP contribution in [0.15, 0.2) is 28.7 Å². The van der Waals surface area contributed by atoms with Crippen LogP contribution < -0.4 is 0 Å². The van der Waals surface area contributed by atoms with Gasteiger partial charge in [-0.2, -0.15) is 0 Å². The highest BCUT2D eigenvalue weighted by Gasteiger charge is 2.36. The molecule has 5 heteroatoms. The lowest BCUT2D eigenvalue weighted by Gasteiger charge is -2.25. The van der Waals surface area contributed by atoms with Gasteiger partial charge in [-0.1, -0.05) is 28.1 Å². The fraction of sp³-hybridized carbons (Fsp3) is 0.385. The number of hydrogen-bond acceptors (Lipinski definition) is 2. The third-order valence-electron chi connectivity index (χ3n) is 3.31. The van der Waals surface area contributed by atoms with Crippen molar-refractivity contribution in [3.63, 3.8) is 0 Å². The van der Waals surface area contributed by atoms with E-state index in [9.17, 15) is 9.59 Å². The quantitative estimate of drug-likeness (QED) is 0.932. The van der Waals surface area contributed by atoms with E-state index in [-0.39, 0.29) is 18.4 Å². The molecule has 0 aliphatic carbocycles. The second kappa shape index (κ2) is 5.10. The van der Waals surface area contributed by atoms with Crippen LogP contribution in [0.25, 0.3) is 0 Å². The minimum absolute atomic E-state index is 0.0881. The fourth-order valence-corrected chi connectivity index (χ4v) is 2.63. The monoisotopic (exact) mass is 311 g/mol. The van der Waals surface area contributed by atoms with Crippen molar-refractivity contribution in [1.82, 2.24) is 4.90 Å². The molecule has 2 unspecified atom stereocenters. The molecule has 1 aliphatic heterocycles. The van der Waals surface area contributed by atoms with E-state index in [0.29, 0.717) is 6.54 Å². The summed E-state index contributed by atoms with van der Waals surface area (Å²) in [5, 5.41) is 8.96. The molecule has 96 valence electrons. The molecule has 18 heavy (non-hydrogen) atoms. The molecule has 1 aliphatic rings. The first-order chi connectivity index (χ1) is 8.49. The first-order valence-corrected chi connectivity index (χ1v) is 6.56. The van der Waals surface area contributed by atoms with Gasteiger partial charge in [0, 0.05) is 17.4 Å². The lowest BCUT2D eigenvalue weighted by Crippen LogP contribution is -2.29. The summed E-state index contributed by atoms with van der Waals surface area (Å²) in [6.07, 6.45) is 0.105. The van der Waals surface area contributed by atoms with Gasteiger partial charge in [-0.25, -0.2) is 0 Å². The number of carboxylic acids is 1. The van der Waals surface area contributed by atoms with E-state index in [4.69, 9.17) is 5.11 Å². The number of nitrogens with zero attached hydrogens (tertiary/aromatic N) is 1. The zero-order chi connectivity index (χ0) is 13.3. The molecule has 1 N–H and O–H groups in total. The van der Waals surface area contributed by atoms with Crippen molar-refractivity contribution in [2.45, 2.75) is 19.4 Å². The molecule has 0 aromatic heterocycles. The van der Waals surface area contributed by atoms with Gasteiger partial charge in [0.05, 0.1) is 12.0 Å². The summed E-state index contributed by atoms with van der Waals surface area (Å²) in [5.74, 6) is -1.56. The van der Waals surface area contributed by atoms with E-state index in [1.54, 1.807) is 4.90 Å². The predicted octanol–water partition coefficient (Wildman–Crippen LogP) is 2.44. The number of aliphatic carboxylic acids is 1. The van der Waals surface area contributed by atoms with E-state index < -0.39 is 11.9 Å². The highest BCUT2D eigenvalue weighted by molar-refractivity contribution is 9.10. The van der Waals surface area contributed by atoms with Crippen LogP contribution in [0.4, 0.5) is 0 Å². The molecule has 2 atom stereocenters. The predicted molar refractivity (Wildman–Crippen MR) is 70.0 cm³/mol. The number of amides is 1. The van der Waals surface area contributed by atoms with E-state index in [0.717, 1.165) is 10.0 Å². The summed E-state index contributed by atoms with van der Waals surface area (Å²) in [6.45, 7) is 2.21. The topological polar surface area (TPSA) is 57.6 Å². The maximum absolute atomic E-state index is 11.8. The third-order valence-corrected chi connectivity index (χ3v) is 3.80. The maximum Gasteiger partial charge on any atom is 0.308 e. The van der Waals surface area contributed by atoms with Crippen molar-refractivity contribution < 1.29 is 14.7 Å². The normalized spacial score (nSPS) is 21.1. The Morgan fingerprint density at radius 1 is 1.56 bits per heavy atom. The smallest absolute Gasteiger partial charge is 0.308 e. The number of rotatable bonds is 3. The van der Waals surface area contributed by atoms with Crippen molar-refractivity contribution in [1.29, 1.82) is 0 Å². The molecule has 2 rings (SSSR count). The summed E-state index contributed by atoms with van der Waals surface area (Å²) in [5.41, 5.74) is 1.00. The summed E-state index contributed by atoms with van der Waals surface area (Å²) >= 11 is 3.39. The Bertz CT molecular complexity index is 489. The zero-order valence-corrected chi connectivity index (χ0v) is 11.6. The Labute approximate surface area is 114 Å². The third kappa shape index (κ3) is 2.56. The van der Waals surface area contributed by atoms with Gasteiger partial charge in [0.25, 0.3) is 0 Å². The fourth-order valence-electron chi connectivity index (χ4n) is 2.22. The number of carbonyl (C=O) groups is 2. The van der Waals surface area contributed by atoms with Crippen LogP contribution in [0.3, 0.4) is 0 Å². The first-order valence-electron chi connectivity index (χ1n) is 5.76. The molecule has 1 saturated heterocycles. The Morgan fingerprint density at radius 2 is 2.28 bits per heavy atom. The van der Waals surface area contributed by atoms with Crippen LogP contribution in [-0.2, 0) is 9.59 Å². The van der Waals surface area contributed by atoms with Gasteiger partial charge in [0.15, 0.2) is 0 Å². The van der Waals surface area contributed by atoms with Crippen molar-refractivity contribution >= 4 is 27.8 Å². The van der Waals surface area contributed by atoms with Crippen LogP contribution in [0.5, 0.6) is 0 Å². The number of hydrogen-bond donors (Lipinski definition) is 1. The molecule has 0 radical (unpaired) electrons. The molecule has 4 nitrogen and oxygen atoms in total. The van der Waals surface area contributed by atoms with Gasteiger partial charge in [0.1, 0.15) is 0 Å². The Balaban J connectivity index is 2.17. The summed E-state index contributed by atoms with van der Waals surface area (Å²) in [4.78, 5) is 24.4. The summed E-state index contributed by atoms with van der Waals surface area (Å²) < 4.78 is 0.952. The Morgan fingerprint density at radius 3 is 2.83 bits per heavy atom. The van der Waals surface area contributed by atoms with Crippen LogP contribution >= 0.6 is 15.9 Å². The molecule has 0 spiro atoms. The van der Waals surface area contributed by atoms with Crippen molar-refractivity contribution in [3.05, 3.63) is 34.3 Å². The number of benzene rings is 1. The van der Waals surface area contributed by atoms with E-state index in [1.807, 2.05) is 31.2 Å². The van der Waals surface area contributed by atoms with Gasteiger partial charge in [-0.15, -0.1) is 0 Å². The Hall–Kier alpha value is -1.36. The number of carboxylic acid groups (broad SMARTS) is 1. The van der Waals surface area contributed by atoms with Gasteiger partial charge in [-0.05, 0) is 24.6 Å². The van der Waals surface area contributed by atoms with Crippen molar-refractivity contribution in [2.24, 2.45) is 5.92 Å². The molecule has 0 bridgehead atoms. The highest BCUT2D eigenvalue weighted by Crippen LogP contribution is 2.29. The van der Waals surface area contributed by atoms with Gasteiger partial charge in [0.2, 0.25) is 5.91 Å². The molecule has 1 heterocycles. The van der Waals surface area contributed by atoms with Crippen molar-refractivity contribution in [2.75, 3.05) is 6.54 Å². The molecule has 0 saturated carbocycles. The van der Waals surface area contributed by atoms with E-state index in [2.05, 4.69) is 15.9 Å². The second-order valence-corrected chi connectivity index (χ2v) is 5.43. The molecule has 1 aromatic carbocycles. The SMILES string of the molecule is CC(c1cccc(Br)c1)N1CC(C(=O)O)CC1=O. The number of likely N-dealkylation sites (tertiary alicyclic amines) is 1. The molecular formula is C13H14BrNO3. The summed E-state index contributed by atoms with van der Waals surface area (Å²) in [7, 11) is 0. The highest BCUT2D eigenvalue weighted by atomic mass is 79.9. The minimum Gasteiger partial charge on any atom is -0.481 e. The molecule has 1 amide bonds. The molecule has 1 aromatic rings. The van der Waals surface area contributed by atoms with Crippen LogP contribution in [-0.4, -0.2) is 28.4 Å². The van der Waals surface area contributed by atoms with Crippen LogP contribution in [0.2, 0.25) is 0 Å². The lowest BCUT2D eigenvalue weighted by atomic mass is 10.1. The molecular weight excluding hydrogens is 298 g/mol. The standard InChI is InChI=1S/C13H14BrNO3/c1-8(9-3-2-4-11(14)5-9)15-7-10(13(17)18)6-12(15)16/h2-5,8,10H,6-7H2,1H3,(H,17,18). The molecule has 1 fully saturated rings. The van der Waals surface area contributed by atoms with Crippen molar-refractivity contribution in [3.8, 4) is 0 Å². The second-order valence-electron chi connectivity index (χ2n) is 4.52. The summed E-state index contributed by atoms with van der Waals surface area (Å²) in [6, 6.07) is 7.62. The average Bonchev–Trinajstić information content (AvgIpc) is 2.70. The lowest BCUT2D eigenvalue weighted by molar-refractivity contribution is -0.141. The first kappa shape index (κ1) is 13.1. The largest absolute Gasteiger partial charge is 0.481 e. The zero-order valence-electron chi connectivity index (χ0n) is 9.97. The van der Waals surface area contributed by atoms with E-state index in [1.165, 1.54) is 0 Å². The average molecular weight is 312 g/mol. The van der Waals surface area contributed by atoms with E-state index >= 15 is 0 Å². The Kier molecular flexibility index (Phi) is 3.71. The van der Waals surface area contributed by atoms with Gasteiger partial charge in [-0.3, -0.25) is 9.59 Å². The van der Waals surface area contributed by atoms with Crippen LogP contribution in [0.1, 0.15) is 24.9 Å². The van der Waals surface area contributed by atoms with Gasteiger partial charge >= 0.3 is 5.97 Å². The van der Waals surface area contributed by atoms with Gasteiger partial charge < -0.3 is 10.0 Å². The number of halogens is 1. The number of carbonyl (C=O) groups excluding carboxylic acids is 1. The van der Waals surface area contributed by atoms with Crippen LogP contribution in [0, 0.1) is 5.92 Å². The maximum atomic E-state index is 11.8.